The molecule has 0 aromatic carbocycles. The third-order valence-electron chi connectivity index (χ3n) is 4.62. The number of fused-ring (bicyclic) bond motifs is 2. The van der Waals surface area contributed by atoms with E-state index in [2.05, 4.69) is 32.6 Å². The number of ether oxygens (including phenoxy) is 1. The zero-order chi connectivity index (χ0) is 14.3. The van der Waals surface area contributed by atoms with Crippen molar-refractivity contribution in [2.75, 3.05) is 24.6 Å². The summed E-state index contributed by atoms with van der Waals surface area (Å²) >= 11 is 1.88. The highest BCUT2D eigenvalue weighted by Crippen LogP contribution is 2.43. The number of aryl methyl sites for hydroxylation is 1. The second-order valence-electron chi connectivity index (χ2n) is 5.87. The third-order valence-corrected chi connectivity index (χ3v) is 5.60. The predicted octanol–water partition coefficient (Wildman–Crippen LogP) is 2.91. The molecule has 2 aromatic rings. The first-order chi connectivity index (χ1) is 10.3. The number of aromatic nitrogens is 2. The van der Waals surface area contributed by atoms with Gasteiger partial charge in [0.05, 0.1) is 17.9 Å². The molecule has 0 bridgehead atoms. The molecule has 0 radical (unpaired) electrons. The SMILES string of the molecule is Cc1ccc(N2CCC3(CC2)OCCc2sccc23)nn1. The zero-order valence-corrected chi connectivity index (χ0v) is 13.0. The molecule has 0 aliphatic carbocycles. The first-order valence-corrected chi connectivity index (χ1v) is 8.41. The average Bonchev–Trinajstić information content (AvgIpc) is 3.00. The minimum atomic E-state index is -0.0534. The van der Waals surface area contributed by atoms with E-state index in [1.54, 1.807) is 0 Å². The van der Waals surface area contributed by atoms with Gasteiger partial charge in [0.15, 0.2) is 5.82 Å². The van der Waals surface area contributed by atoms with Gasteiger partial charge in [-0.15, -0.1) is 16.4 Å². The van der Waals surface area contributed by atoms with Gasteiger partial charge < -0.3 is 9.64 Å². The lowest BCUT2D eigenvalue weighted by Crippen LogP contribution is -2.46. The van der Waals surface area contributed by atoms with Gasteiger partial charge in [-0.05, 0) is 48.9 Å². The van der Waals surface area contributed by atoms with E-state index in [1.165, 1.54) is 10.4 Å². The molecule has 2 aliphatic heterocycles. The summed E-state index contributed by atoms with van der Waals surface area (Å²) in [5.41, 5.74) is 2.35. The van der Waals surface area contributed by atoms with Crippen molar-refractivity contribution in [3.8, 4) is 0 Å². The molecule has 0 amide bonds. The molecule has 21 heavy (non-hydrogen) atoms. The number of anilines is 1. The maximum atomic E-state index is 6.24. The maximum Gasteiger partial charge on any atom is 0.151 e. The number of rotatable bonds is 1. The molecule has 0 atom stereocenters. The first-order valence-electron chi connectivity index (χ1n) is 7.53. The molecule has 4 heterocycles. The molecule has 1 saturated heterocycles. The normalized spacial score (nSPS) is 20.5. The zero-order valence-electron chi connectivity index (χ0n) is 12.2. The topological polar surface area (TPSA) is 38.2 Å². The predicted molar refractivity (Wildman–Crippen MR) is 83.9 cm³/mol. The fourth-order valence-corrected chi connectivity index (χ4v) is 4.38. The standard InChI is InChI=1S/C16H19N3OS/c1-12-2-3-15(18-17-12)19-8-6-16(7-9-19)13-5-11-21-14(13)4-10-20-16/h2-3,5,11H,4,6-10H2,1H3. The van der Waals surface area contributed by atoms with Crippen LogP contribution in [-0.2, 0) is 16.8 Å². The smallest absolute Gasteiger partial charge is 0.151 e. The summed E-state index contributed by atoms with van der Waals surface area (Å²) in [6.45, 7) is 4.79. The van der Waals surface area contributed by atoms with Crippen LogP contribution in [0.2, 0.25) is 0 Å². The van der Waals surface area contributed by atoms with Crippen molar-refractivity contribution < 1.29 is 4.74 Å². The number of thiophene rings is 1. The monoisotopic (exact) mass is 301 g/mol. The van der Waals surface area contributed by atoms with Crippen LogP contribution in [0.3, 0.4) is 0 Å². The van der Waals surface area contributed by atoms with E-state index >= 15 is 0 Å². The summed E-state index contributed by atoms with van der Waals surface area (Å²) in [6.07, 6.45) is 3.14. The minimum absolute atomic E-state index is 0.0534. The molecule has 110 valence electrons. The molecule has 4 nitrogen and oxygen atoms in total. The second-order valence-corrected chi connectivity index (χ2v) is 6.87. The van der Waals surface area contributed by atoms with Gasteiger partial charge in [0.2, 0.25) is 0 Å². The van der Waals surface area contributed by atoms with Crippen LogP contribution in [0.1, 0.15) is 29.0 Å². The van der Waals surface area contributed by atoms with Gasteiger partial charge in [-0.1, -0.05) is 0 Å². The Morgan fingerprint density at radius 1 is 1.19 bits per heavy atom. The van der Waals surface area contributed by atoms with E-state index in [4.69, 9.17) is 4.74 Å². The highest BCUT2D eigenvalue weighted by Gasteiger charge is 2.41. The van der Waals surface area contributed by atoms with Gasteiger partial charge in [0.25, 0.3) is 0 Å². The largest absolute Gasteiger partial charge is 0.370 e. The van der Waals surface area contributed by atoms with Crippen LogP contribution < -0.4 is 4.90 Å². The van der Waals surface area contributed by atoms with Crippen LogP contribution in [0.5, 0.6) is 0 Å². The van der Waals surface area contributed by atoms with Gasteiger partial charge >= 0.3 is 0 Å². The van der Waals surface area contributed by atoms with Crippen LogP contribution in [0.25, 0.3) is 0 Å². The van der Waals surface area contributed by atoms with Gasteiger partial charge in [-0.3, -0.25) is 0 Å². The van der Waals surface area contributed by atoms with Crippen LogP contribution in [0, 0.1) is 6.92 Å². The summed E-state index contributed by atoms with van der Waals surface area (Å²) in [5, 5.41) is 10.7. The fourth-order valence-electron chi connectivity index (χ4n) is 3.43. The highest BCUT2D eigenvalue weighted by atomic mass is 32.1. The summed E-state index contributed by atoms with van der Waals surface area (Å²) in [5.74, 6) is 0.983. The van der Waals surface area contributed by atoms with Gasteiger partial charge in [0, 0.05) is 24.4 Å². The first kappa shape index (κ1) is 13.2. The molecule has 1 spiro atoms. The van der Waals surface area contributed by atoms with Crippen molar-refractivity contribution in [2.45, 2.75) is 31.8 Å². The molecule has 0 saturated carbocycles. The Hall–Kier alpha value is -1.46. The Balaban J connectivity index is 1.54. The molecule has 0 unspecified atom stereocenters. The van der Waals surface area contributed by atoms with Crippen molar-refractivity contribution in [3.63, 3.8) is 0 Å². The van der Waals surface area contributed by atoms with Crippen molar-refractivity contribution >= 4 is 17.2 Å². The van der Waals surface area contributed by atoms with Crippen LogP contribution in [0.4, 0.5) is 5.82 Å². The van der Waals surface area contributed by atoms with E-state index < -0.39 is 0 Å². The second kappa shape index (κ2) is 5.07. The molecule has 0 N–H and O–H groups in total. The van der Waals surface area contributed by atoms with Gasteiger partial charge in [-0.25, -0.2) is 0 Å². The molecule has 1 fully saturated rings. The van der Waals surface area contributed by atoms with E-state index in [9.17, 15) is 0 Å². The van der Waals surface area contributed by atoms with Crippen LogP contribution >= 0.6 is 11.3 Å². The van der Waals surface area contributed by atoms with E-state index in [0.717, 1.165) is 50.5 Å². The number of hydrogen-bond donors (Lipinski definition) is 0. The summed E-state index contributed by atoms with van der Waals surface area (Å²) in [4.78, 5) is 3.84. The van der Waals surface area contributed by atoms with E-state index in [-0.39, 0.29) is 5.60 Å². The van der Waals surface area contributed by atoms with Crippen molar-refractivity contribution in [1.29, 1.82) is 0 Å². The van der Waals surface area contributed by atoms with Crippen molar-refractivity contribution in [1.82, 2.24) is 10.2 Å². The quantitative estimate of drug-likeness (QED) is 0.812. The Labute approximate surface area is 128 Å². The van der Waals surface area contributed by atoms with Crippen molar-refractivity contribution in [3.05, 3.63) is 39.7 Å². The van der Waals surface area contributed by atoms with E-state index in [0.29, 0.717) is 0 Å². The summed E-state index contributed by atoms with van der Waals surface area (Å²) in [7, 11) is 0. The number of piperidine rings is 1. The Morgan fingerprint density at radius 2 is 2.05 bits per heavy atom. The molecule has 2 aromatic heterocycles. The summed E-state index contributed by atoms with van der Waals surface area (Å²) < 4.78 is 6.24. The fraction of sp³-hybridized carbons (Fsp3) is 0.500. The lowest BCUT2D eigenvalue weighted by Gasteiger charge is -2.44. The maximum absolute atomic E-state index is 6.24. The molecule has 5 heteroatoms. The lowest BCUT2D eigenvalue weighted by molar-refractivity contribution is -0.0757. The number of nitrogens with zero attached hydrogens (tertiary/aromatic N) is 3. The Bertz CT molecular complexity index is 629. The lowest BCUT2D eigenvalue weighted by atomic mass is 9.82. The Kier molecular flexibility index (Phi) is 3.19. The summed E-state index contributed by atoms with van der Waals surface area (Å²) in [6, 6.07) is 6.36. The third kappa shape index (κ3) is 2.24. The van der Waals surface area contributed by atoms with Gasteiger partial charge in [0.1, 0.15) is 0 Å². The Morgan fingerprint density at radius 3 is 2.81 bits per heavy atom. The van der Waals surface area contributed by atoms with Crippen LogP contribution in [0.15, 0.2) is 23.6 Å². The minimum Gasteiger partial charge on any atom is -0.370 e. The molecule has 2 aliphatic rings. The molecular formula is C16H19N3OS. The van der Waals surface area contributed by atoms with Crippen molar-refractivity contribution in [2.24, 2.45) is 0 Å². The van der Waals surface area contributed by atoms with E-state index in [1.807, 2.05) is 24.3 Å². The van der Waals surface area contributed by atoms with Gasteiger partial charge in [-0.2, -0.15) is 5.10 Å². The molecular weight excluding hydrogens is 282 g/mol. The molecule has 4 rings (SSSR count). The highest BCUT2D eigenvalue weighted by molar-refractivity contribution is 7.10. The average molecular weight is 301 g/mol. The van der Waals surface area contributed by atoms with Crippen LogP contribution in [-0.4, -0.2) is 29.9 Å². The number of hydrogen-bond acceptors (Lipinski definition) is 5.